The molecule has 1 saturated heterocycles. The summed E-state index contributed by atoms with van der Waals surface area (Å²) >= 11 is 0. The van der Waals surface area contributed by atoms with Crippen LogP contribution in [0.15, 0.2) is 24.3 Å². The third kappa shape index (κ3) is 5.30. The molecule has 1 N–H and O–H groups in total. The molecule has 2 atom stereocenters. The fraction of sp³-hybridized carbons (Fsp3) is 0.556. The predicted octanol–water partition coefficient (Wildman–Crippen LogP) is 2.42. The fourth-order valence-corrected chi connectivity index (χ4v) is 3.08. The molecule has 1 aliphatic rings. The number of amides is 1. The second-order valence-electron chi connectivity index (χ2n) is 6.24. The molecule has 1 amide bonds. The Morgan fingerprint density at radius 2 is 2.04 bits per heavy atom. The minimum absolute atomic E-state index is 0.0538. The molecule has 1 aromatic carbocycles. The number of hydrogen-bond acceptors (Lipinski definition) is 4. The number of benzene rings is 1. The molecule has 1 heterocycles. The molecular weight excluding hydrogens is 311 g/mol. The normalized spacial score (nSPS) is 19.5. The van der Waals surface area contributed by atoms with Gasteiger partial charge in [-0.05, 0) is 44.0 Å². The lowest BCUT2D eigenvalue weighted by atomic mass is 9.99. The average molecular weight is 336 g/mol. The SMILES string of the molecule is COC(=O)C[C@@H]1CCCCN1CC(=O)N[C@@H](C)c1ccc(F)cc1. The van der Waals surface area contributed by atoms with E-state index in [0.29, 0.717) is 6.42 Å². The summed E-state index contributed by atoms with van der Waals surface area (Å²) in [7, 11) is 1.38. The molecule has 0 bridgehead atoms. The highest BCUT2D eigenvalue weighted by Gasteiger charge is 2.27. The molecule has 0 radical (unpaired) electrons. The van der Waals surface area contributed by atoms with Crippen LogP contribution in [-0.2, 0) is 14.3 Å². The van der Waals surface area contributed by atoms with Crippen molar-refractivity contribution in [3.63, 3.8) is 0 Å². The van der Waals surface area contributed by atoms with Crippen LogP contribution >= 0.6 is 0 Å². The van der Waals surface area contributed by atoms with Crippen molar-refractivity contribution in [3.8, 4) is 0 Å². The van der Waals surface area contributed by atoms with Crippen molar-refractivity contribution >= 4 is 11.9 Å². The van der Waals surface area contributed by atoms with Gasteiger partial charge in [0.05, 0.1) is 26.1 Å². The number of nitrogens with zero attached hydrogens (tertiary/aromatic N) is 1. The second kappa shape index (κ2) is 8.78. The van der Waals surface area contributed by atoms with Crippen LogP contribution in [0.25, 0.3) is 0 Å². The molecule has 0 spiro atoms. The highest BCUT2D eigenvalue weighted by Crippen LogP contribution is 2.20. The van der Waals surface area contributed by atoms with Crippen LogP contribution in [-0.4, -0.2) is 43.0 Å². The number of esters is 1. The topological polar surface area (TPSA) is 58.6 Å². The molecule has 1 aliphatic heterocycles. The van der Waals surface area contributed by atoms with E-state index < -0.39 is 0 Å². The van der Waals surface area contributed by atoms with Crippen molar-refractivity contribution in [2.45, 2.75) is 44.7 Å². The van der Waals surface area contributed by atoms with Crippen molar-refractivity contribution < 1.29 is 18.7 Å². The zero-order chi connectivity index (χ0) is 17.5. The van der Waals surface area contributed by atoms with Gasteiger partial charge in [0.2, 0.25) is 5.91 Å². The maximum atomic E-state index is 13.0. The number of nitrogens with one attached hydrogen (secondary N) is 1. The minimum Gasteiger partial charge on any atom is -0.469 e. The van der Waals surface area contributed by atoms with Crippen LogP contribution in [0.2, 0.25) is 0 Å². The number of halogens is 1. The van der Waals surface area contributed by atoms with E-state index in [4.69, 9.17) is 4.74 Å². The summed E-state index contributed by atoms with van der Waals surface area (Å²) in [6, 6.07) is 5.96. The Morgan fingerprint density at radius 1 is 1.33 bits per heavy atom. The highest BCUT2D eigenvalue weighted by atomic mass is 19.1. The lowest BCUT2D eigenvalue weighted by Gasteiger charge is -2.34. The van der Waals surface area contributed by atoms with E-state index in [-0.39, 0.29) is 36.3 Å². The third-order valence-electron chi connectivity index (χ3n) is 4.47. The van der Waals surface area contributed by atoms with Gasteiger partial charge >= 0.3 is 5.97 Å². The molecule has 1 aromatic rings. The Hall–Kier alpha value is -1.95. The maximum Gasteiger partial charge on any atom is 0.307 e. The fourth-order valence-electron chi connectivity index (χ4n) is 3.08. The minimum atomic E-state index is -0.295. The number of carbonyl (C=O) groups excluding carboxylic acids is 2. The summed E-state index contributed by atoms with van der Waals surface area (Å²) in [5, 5.41) is 2.93. The van der Waals surface area contributed by atoms with Gasteiger partial charge < -0.3 is 10.1 Å². The zero-order valence-corrected chi connectivity index (χ0v) is 14.3. The molecule has 0 saturated carbocycles. The van der Waals surface area contributed by atoms with E-state index in [2.05, 4.69) is 5.32 Å². The monoisotopic (exact) mass is 336 g/mol. The van der Waals surface area contributed by atoms with Gasteiger partial charge in [-0.3, -0.25) is 14.5 Å². The lowest BCUT2D eigenvalue weighted by molar-refractivity contribution is -0.143. The molecule has 0 aromatic heterocycles. The Bertz CT molecular complexity index is 562. The summed E-state index contributed by atoms with van der Waals surface area (Å²) in [5.41, 5.74) is 0.856. The van der Waals surface area contributed by atoms with Crippen molar-refractivity contribution in [3.05, 3.63) is 35.6 Å². The van der Waals surface area contributed by atoms with Gasteiger partial charge in [0.25, 0.3) is 0 Å². The van der Waals surface area contributed by atoms with Crippen molar-refractivity contribution in [1.82, 2.24) is 10.2 Å². The molecular formula is C18H25FN2O3. The lowest BCUT2D eigenvalue weighted by Crippen LogP contribution is -2.46. The zero-order valence-electron chi connectivity index (χ0n) is 14.3. The summed E-state index contributed by atoms with van der Waals surface area (Å²) in [5.74, 6) is -0.633. The van der Waals surface area contributed by atoms with Crippen LogP contribution in [0, 0.1) is 5.82 Å². The van der Waals surface area contributed by atoms with Gasteiger partial charge in [0.1, 0.15) is 5.82 Å². The Morgan fingerprint density at radius 3 is 2.71 bits per heavy atom. The van der Waals surface area contributed by atoms with Gasteiger partial charge in [-0.15, -0.1) is 0 Å². The van der Waals surface area contributed by atoms with Gasteiger partial charge in [-0.2, -0.15) is 0 Å². The molecule has 2 rings (SSSR count). The first-order valence-electron chi connectivity index (χ1n) is 8.35. The second-order valence-corrected chi connectivity index (χ2v) is 6.24. The Kier molecular flexibility index (Phi) is 6.73. The van der Waals surface area contributed by atoms with Gasteiger partial charge in [0, 0.05) is 6.04 Å². The van der Waals surface area contributed by atoms with Crippen molar-refractivity contribution in [2.75, 3.05) is 20.2 Å². The van der Waals surface area contributed by atoms with E-state index in [0.717, 1.165) is 31.4 Å². The highest BCUT2D eigenvalue weighted by molar-refractivity contribution is 5.78. The van der Waals surface area contributed by atoms with E-state index in [1.54, 1.807) is 12.1 Å². The molecule has 1 fully saturated rings. The van der Waals surface area contributed by atoms with Crippen LogP contribution in [0.4, 0.5) is 4.39 Å². The first kappa shape index (κ1) is 18.4. The summed E-state index contributed by atoms with van der Waals surface area (Å²) < 4.78 is 17.7. The standard InChI is InChI=1S/C18H25FN2O3/c1-13(14-6-8-15(19)9-7-14)20-17(22)12-21-10-4-3-5-16(21)11-18(23)24-2/h6-9,13,16H,3-5,10-12H2,1-2H3,(H,20,22)/t13-,16-/m0/s1. The average Bonchev–Trinajstić information content (AvgIpc) is 2.57. The first-order valence-corrected chi connectivity index (χ1v) is 8.35. The molecule has 6 heteroatoms. The molecule has 5 nitrogen and oxygen atoms in total. The molecule has 132 valence electrons. The van der Waals surface area contributed by atoms with Gasteiger partial charge in [0.15, 0.2) is 0 Å². The van der Waals surface area contributed by atoms with Gasteiger partial charge in [-0.1, -0.05) is 18.6 Å². The van der Waals surface area contributed by atoms with Crippen LogP contribution in [0.1, 0.15) is 44.2 Å². The first-order chi connectivity index (χ1) is 11.5. The van der Waals surface area contributed by atoms with Crippen LogP contribution in [0.3, 0.4) is 0 Å². The molecule has 0 unspecified atom stereocenters. The van der Waals surface area contributed by atoms with Crippen molar-refractivity contribution in [1.29, 1.82) is 0 Å². The number of methoxy groups -OCH3 is 1. The van der Waals surface area contributed by atoms with E-state index >= 15 is 0 Å². The van der Waals surface area contributed by atoms with Gasteiger partial charge in [-0.25, -0.2) is 4.39 Å². The third-order valence-corrected chi connectivity index (χ3v) is 4.47. The Labute approximate surface area is 142 Å². The number of rotatable bonds is 6. The number of hydrogen-bond donors (Lipinski definition) is 1. The summed E-state index contributed by atoms with van der Waals surface area (Å²) in [4.78, 5) is 25.9. The van der Waals surface area contributed by atoms with E-state index in [1.807, 2.05) is 11.8 Å². The van der Waals surface area contributed by atoms with Crippen LogP contribution in [0.5, 0.6) is 0 Å². The summed E-state index contributed by atoms with van der Waals surface area (Å²) in [6.45, 7) is 2.93. The summed E-state index contributed by atoms with van der Waals surface area (Å²) in [6.07, 6.45) is 3.30. The number of piperidine rings is 1. The van der Waals surface area contributed by atoms with Crippen LogP contribution < -0.4 is 5.32 Å². The Balaban J connectivity index is 1.89. The van der Waals surface area contributed by atoms with E-state index in [1.165, 1.54) is 19.2 Å². The quantitative estimate of drug-likeness (QED) is 0.811. The smallest absolute Gasteiger partial charge is 0.307 e. The van der Waals surface area contributed by atoms with E-state index in [9.17, 15) is 14.0 Å². The largest absolute Gasteiger partial charge is 0.469 e. The number of carbonyl (C=O) groups is 2. The maximum absolute atomic E-state index is 13.0. The molecule has 24 heavy (non-hydrogen) atoms. The number of ether oxygens (including phenoxy) is 1. The van der Waals surface area contributed by atoms with Crippen molar-refractivity contribution in [2.24, 2.45) is 0 Å². The predicted molar refractivity (Wildman–Crippen MR) is 88.8 cm³/mol. The number of likely N-dealkylation sites (tertiary alicyclic amines) is 1. The molecule has 0 aliphatic carbocycles.